The van der Waals surface area contributed by atoms with Gasteiger partial charge in [0.1, 0.15) is 0 Å². The van der Waals surface area contributed by atoms with Crippen molar-refractivity contribution in [2.75, 3.05) is 5.32 Å². The maximum atomic E-state index is 14.1. The lowest BCUT2D eigenvalue weighted by atomic mass is 10.1. The van der Waals surface area contributed by atoms with E-state index in [0.29, 0.717) is 28.8 Å². The molecule has 0 fully saturated rings. The molecule has 1 heterocycles. The summed E-state index contributed by atoms with van der Waals surface area (Å²) in [5, 5.41) is 11.5. The Labute approximate surface area is 203 Å². The lowest BCUT2D eigenvalue weighted by molar-refractivity contribution is -0.115. The molecule has 7 nitrogen and oxygen atoms in total. The van der Waals surface area contributed by atoms with Crippen LogP contribution in [-0.4, -0.2) is 31.7 Å². The lowest BCUT2D eigenvalue weighted by Crippen LogP contribution is -2.23. The van der Waals surface area contributed by atoms with Crippen molar-refractivity contribution in [2.24, 2.45) is 5.92 Å². The smallest absolute Gasteiger partial charge is 0.237 e. The van der Waals surface area contributed by atoms with Crippen LogP contribution in [0, 0.1) is 11.7 Å². The largest absolute Gasteiger partial charge is 0.480 e. The van der Waals surface area contributed by atoms with Gasteiger partial charge in [0, 0.05) is 17.8 Å². The minimum atomic E-state index is -0.545. The number of halogens is 1. The van der Waals surface area contributed by atoms with E-state index in [0.717, 1.165) is 0 Å². The number of hydrogen-bond donors (Lipinski definition) is 1. The Balaban J connectivity index is 1.76. The van der Waals surface area contributed by atoms with Gasteiger partial charge in [-0.2, -0.15) is 0 Å². The number of amides is 1. The van der Waals surface area contributed by atoms with Gasteiger partial charge in [-0.25, -0.2) is 4.39 Å². The number of aromatic nitrogens is 3. The molecule has 0 saturated heterocycles. The lowest BCUT2D eigenvalue weighted by Gasteiger charge is -2.19. The van der Waals surface area contributed by atoms with Crippen LogP contribution in [0.5, 0.6) is 5.75 Å². The van der Waals surface area contributed by atoms with E-state index in [2.05, 4.69) is 29.4 Å². The summed E-state index contributed by atoms with van der Waals surface area (Å²) in [5.74, 6) is 0.248. The van der Waals surface area contributed by atoms with Crippen LogP contribution in [0.4, 0.5) is 10.1 Å². The molecule has 3 aromatic rings. The van der Waals surface area contributed by atoms with Gasteiger partial charge >= 0.3 is 0 Å². The van der Waals surface area contributed by atoms with Crippen molar-refractivity contribution >= 4 is 29.1 Å². The third kappa shape index (κ3) is 6.44. The average Bonchev–Trinajstić information content (AvgIpc) is 3.16. The second-order valence-electron chi connectivity index (χ2n) is 8.42. The summed E-state index contributed by atoms with van der Waals surface area (Å²) in [7, 11) is 0. The van der Waals surface area contributed by atoms with E-state index in [9.17, 15) is 14.0 Å². The van der Waals surface area contributed by atoms with E-state index >= 15 is 0 Å². The number of ether oxygens (including phenoxy) is 1. The molecule has 0 aliphatic rings. The Morgan fingerprint density at radius 1 is 1.09 bits per heavy atom. The minimum Gasteiger partial charge on any atom is -0.480 e. The molecule has 1 aromatic heterocycles. The monoisotopic (exact) mass is 484 g/mol. The maximum Gasteiger partial charge on any atom is 0.237 e. The second-order valence-corrected chi connectivity index (χ2v) is 9.73. The number of ketones is 1. The van der Waals surface area contributed by atoms with Crippen molar-refractivity contribution in [1.82, 2.24) is 14.8 Å². The van der Waals surface area contributed by atoms with Gasteiger partial charge in [-0.05, 0) is 51.0 Å². The summed E-state index contributed by atoms with van der Waals surface area (Å²) in [4.78, 5) is 24.4. The third-order valence-corrected chi connectivity index (χ3v) is 6.07. The molecular formula is C25H29FN4O3S. The molecule has 1 amide bonds. The number of para-hydroxylation sites is 1. The maximum absolute atomic E-state index is 14.1. The highest BCUT2D eigenvalue weighted by atomic mass is 32.2. The first-order valence-corrected chi connectivity index (χ1v) is 12.0. The van der Waals surface area contributed by atoms with Crippen molar-refractivity contribution in [2.45, 2.75) is 57.7 Å². The zero-order valence-corrected chi connectivity index (χ0v) is 20.7. The van der Waals surface area contributed by atoms with E-state index in [-0.39, 0.29) is 23.4 Å². The van der Waals surface area contributed by atoms with Gasteiger partial charge < -0.3 is 14.6 Å². The molecule has 34 heavy (non-hydrogen) atoms. The molecule has 2 unspecified atom stereocenters. The van der Waals surface area contributed by atoms with Crippen LogP contribution in [0.3, 0.4) is 0 Å². The molecule has 0 saturated carbocycles. The summed E-state index contributed by atoms with van der Waals surface area (Å²) >= 11 is 1.28. The Bertz CT molecular complexity index is 1160. The van der Waals surface area contributed by atoms with Crippen molar-refractivity contribution < 1.29 is 18.7 Å². The predicted molar refractivity (Wildman–Crippen MR) is 131 cm³/mol. The molecule has 2 aromatic carbocycles. The SMILES string of the molecule is CC(=O)c1cccc(NC(=O)C(C)Sc2nnc(C(C)Oc3ccccc3F)n2CC(C)C)c1. The molecule has 2 atom stereocenters. The van der Waals surface area contributed by atoms with E-state index < -0.39 is 17.2 Å². The Morgan fingerprint density at radius 3 is 2.50 bits per heavy atom. The normalized spacial score (nSPS) is 12.9. The van der Waals surface area contributed by atoms with Gasteiger partial charge in [0.05, 0.1) is 5.25 Å². The number of nitrogens with one attached hydrogen (secondary N) is 1. The number of carbonyl (C=O) groups excluding carboxylic acids is 2. The zero-order chi connectivity index (χ0) is 24.8. The van der Waals surface area contributed by atoms with Crippen LogP contribution in [0.2, 0.25) is 0 Å². The fourth-order valence-corrected chi connectivity index (χ4v) is 4.15. The Morgan fingerprint density at radius 2 is 1.82 bits per heavy atom. The van der Waals surface area contributed by atoms with Crippen LogP contribution < -0.4 is 10.1 Å². The third-order valence-electron chi connectivity index (χ3n) is 4.99. The Kier molecular flexibility index (Phi) is 8.44. The molecule has 0 spiro atoms. The summed E-state index contributed by atoms with van der Waals surface area (Å²) in [6.07, 6.45) is -0.545. The topological polar surface area (TPSA) is 86.1 Å². The summed E-state index contributed by atoms with van der Waals surface area (Å²) in [6, 6.07) is 13.0. The average molecular weight is 485 g/mol. The van der Waals surface area contributed by atoms with Crippen LogP contribution in [0.15, 0.2) is 53.7 Å². The summed E-state index contributed by atoms with van der Waals surface area (Å²) in [6.45, 7) is 9.81. The molecule has 3 rings (SSSR count). The van der Waals surface area contributed by atoms with Gasteiger partial charge in [0.2, 0.25) is 5.91 Å². The Hall–Kier alpha value is -3.20. The van der Waals surface area contributed by atoms with Gasteiger partial charge in [-0.15, -0.1) is 10.2 Å². The van der Waals surface area contributed by atoms with E-state index in [1.54, 1.807) is 56.3 Å². The van der Waals surface area contributed by atoms with Crippen molar-refractivity contribution in [1.29, 1.82) is 0 Å². The van der Waals surface area contributed by atoms with Crippen molar-refractivity contribution in [3.8, 4) is 5.75 Å². The highest BCUT2D eigenvalue weighted by molar-refractivity contribution is 8.00. The van der Waals surface area contributed by atoms with E-state index in [4.69, 9.17) is 4.74 Å². The number of carbonyl (C=O) groups is 2. The first-order valence-electron chi connectivity index (χ1n) is 11.1. The molecule has 0 aliphatic carbocycles. The number of thioether (sulfide) groups is 1. The quantitative estimate of drug-likeness (QED) is 0.301. The van der Waals surface area contributed by atoms with Gasteiger partial charge in [0.15, 0.2) is 34.4 Å². The molecule has 0 bridgehead atoms. The number of Topliss-reactive ketones (excluding diaryl/α,β-unsaturated/α-hetero) is 1. The van der Waals surface area contributed by atoms with Gasteiger partial charge in [0.25, 0.3) is 0 Å². The predicted octanol–water partition coefficient (Wildman–Crippen LogP) is 5.54. The molecule has 0 radical (unpaired) electrons. The first-order chi connectivity index (χ1) is 16.2. The highest BCUT2D eigenvalue weighted by Gasteiger charge is 2.24. The highest BCUT2D eigenvalue weighted by Crippen LogP contribution is 2.29. The standard InChI is InChI=1S/C25H29FN4O3S/c1-15(2)14-30-23(17(4)33-22-12-7-6-11-21(22)26)28-29-25(30)34-18(5)24(32)27-20-10-8-9-19(13-20)16(3)31/h6-13,15,17-18H,14H2,1-5H3,(H,27,32). The number of nitrogens with zero attached hydrogens (tertiary/aromatic N) is 3. The molecular weight excluding hydrogens is 455 g/mol. The van der Waals surface area contributed by atoms with Crippen LogP contribution in [0.25, 0.3) is 0 Å². The van der Waals surface area contributed by atoms with Crippen molar-refractivity contribution in [3.05, 3.63) is 65.7 Å². The molecule has 9 heteroatoms. The summed E-state index contributed by atoms with van der Waals surface area (Å²) < 4.78 is 21.8. The number of anilines is 1. The molecule has 180 valence electrons. The van der Waals surface area contributed by atoms with Gasteiger partial charge in [-0.3, -0.25) is 9.59 Å². The van der Waals surface area contributed by atoms with E-state index in [1.165, 1.54) is 24.8 Å². The van der Waals surface area contributed by atoms with Gasteiger partial charge in [-0.1, -0.05) is 49.9 Å². The fraction of sp³-hybridized carbons (Fsp3) is 0.360. The van der Waals surface area contributed by atoms with Crippen LogP contribution in [0.1, 0.15) is 56.9 Å². The molecule has 0 aliphatic heterocycles. The van der Waals surface area contributed by atoms with Crippen LogP contribution in [-0.2, 0) is 11.3 Å². The van der Waals surface area contributed by atoms with E-state index in [1.807, 2.05) is 4.57 Å². The van der Waals surface area contributed by atoms with Crippen LogP contribution >= 0.6 is 11.8 Å². The number of hydrogen-bond acceptors (Lipinski definition) is 6. The summed E-state index contributed by atoms with van der Waals surface area (Å²) in [5.41, 5.74) is 1.09. The zero-order valence-electron chi connectivity index (χ0n) is 19.9. The number of rotatable bonds is 10. The number of benzene rings is 2. The fourth-order valence-electron chi connectivity index (χ4n) is 3.28. The minimum absolute atomic E-state index is 0.0699. The molecule has 1 N–H and O–H groups in total. The van der Waals surface area contributed by atoms with Crippen molar-refractivity contribution in [3.63, 3.8) is 0 Å². The second kappa shape index (κ2) is 11.3. The first kappa shape index (κ1) is 25.4.